The van der Waals surface area contributed by atoms with E-state index in [2.05, 4.69) is 17.5 Å². The van der Waals surface area contributed by atoms with Crippen LogP contribution in [0.25, 0.3) is 0 Å². The molecule has 0 unspecified atom stereocenters. The van der Waals surface area contributed by atoms with Crippen molar-refractivity contribution in [3.05, 3.63) is 29.3 Å². The van der Waals surface area contributed by atoms with Gasteiger partial charge in [0, 0.05) is 11.3 Å². The van der Waals surface area contributed by atoms with Crippen molar-refractivity contribution in [3.8, 4) is 0 Å². The van der Waals surface area contributed by atoms with Crippen molar-refractivity contribution in [2.45, 2.75) is 12.6 Å². The third kappa shape index (κ3) is 3.80. The Hall–Kier alpha value is -1.44. The number of alkyl halides is 5. The topological polar surface area (TPSA) is 38.0 Å². The van der Waals surface area contributed by atoms with Crippen molar-refractivity contribution in [1.29, 1.82) is 0 Å². The Morgan fingerprint density at radius 2 is 1.94 bits per heavy atom. The van der Waals surface area contributed by atoms with Gasteiger partial charge in [-0.15, -0.1) is 0 Å². The van der Waals surface area contributed by atoms with E-state index >= 15 is 0 Å². The zero-order chi connectivity index (χ0) is 13.9. The third-order valence-corrected chi connectivity index (χ3v) is 2.28. The molecule has 0 radical (unpaired) electrons. The van der Waals surface area contributed by atoms with Crippen molar-refractivity contribution >= 4 is 22.9 Å². The molecule has 18 heavy (non-hydrogen) atoms. The fourth-order valence-electron chi connectivity index (χ4n) is 1.27. The minimum Gasteiger partial charge on any atom is -0.389 e. The van der Waals surface area contributed by atoms with E-state index in [1.165, 1.54) is 0 Å². The molecular weight excluding hydrogens is 275 g/mol. The van der Waals surface area contributed by atoms with Crippen LogP contribution in [0.4, 0.5) is 27.6 Å². The quantitative estimate of drug-likeness (QED) is 0.659. The summed E-state index contributed by atoms with van der Waals surface area (Å²) in [5.74, 6) is 0. The predicted octanol–water partition coefficient (Wildman–Crippen LogP) is 3.02. The lowest BCUT2D eigenvalue weighted by Crippen LogP contribution is -2.18. The number of benzene rings is 1. The number of thiocarbonyl (C=S) groups is 1. The van der Waals surface area contributed by atoms with Crippen LogP contribution in [0, 0.1) is 0 Å². The molecule has 0 heterocycles. The van der Waals surface area contributed by atoms with Crippen molar-refractivity contribution in [3.63, 3.8) is 0 Å². The highest BCUT2D eigenvalue weighted by Gasteiger charge is 2.31. The number of halogens is 5. The van der Waals surface area contributed by atoms with Crippen molar-refractivity contribution in [2.75, 3.05) is 11.9 Å². The van der Waals surface area contributed by atoms with E-state index in [1.807, 2.05) is 0 Å². The summed E-state index contributed by atoms with van der Waals surface area (Å²) in [6.07, 6.45) is -7.17. The van der Waals surface area contributed by atoms with Crippen LogP contribution in [0.3, 0.4) is 0 Å². The number of rotatable bonds is 4. The van der Waals surface area contributed by atoms with Crippen LogP contribution in [0.15, 0.2) is 18.2 Å². The van der Waals surface area contributed by atoms with Crippen LogP contribution in [0.1, 0.15) is 11.1 Å². The minimum absolute atomic E-state index is 0.0517. The van der Waals surface area contributed by atoms with Gasteiger partial charge in [0.05, 0.1) is 12.1 Å². The van der Waals surface area contributed by atoms with E-state index in [0.717, 1.165) is 18.2 Å². The first-order valence-corrected chi connectivity index (χ1v) is 5.15. The molecule has 1 aromatic rings. The maximum atomic E-state index is 12.5. The Balaban J connectivity index is 3.09. The average molecular weight is 284 g/mol. The molecule has 1 rings (SSSR count). The normalized spacial score (nSPS) is 11.7. The largest absolute Gasteiger partial charge is 0.416 e. The first-order valence-electron chi connectivity index (χ1n) is 4.75. The van der Waals surface area contributed by atoms with E-state index in [0.29, 0.717) is 0 Å². The number of nitrogens with two attached hydrogens (primary N) is 1. The van der Waals surface area contributed by atoms with Gasteiger partial charge in [-0.2, -0.15) is 13.2 Å². The first kappa shape index (κ1) is 14.6. The molecule has 0 aliphatic rings. The standard InChI is InChI=1S/C10H9F5N2S/c11-8(12)4-17-7-2-1-5(10(13,14)15)3-6(7)9(16)18/h1-3,8,17H,4H2,(H2,16,18). The molecule has 0 aromatic heterocycles. The first-order chi connectivity index (χ1) is 8.21. The summed E-state index contributed by atoms with van der Waals surface area (Å²) in [4.78, 5) is -0.294. The Morgan fingerprint density at radius 1 is 1.33 bits per heavy atom. The third-order valence-electron chi connectivity index (χ3n) is 2.06. The van der Waals surface area contributed by atoms with Crippen molar-refractivity contribution < 1.29 is 22.0 Å². The molecule has 0 aliphatic heterocycles. The molecule has 0 atom stereocenters. The zero-order valence-electron chi connectivity index (χ0n) is 8.89. The highest BCUT2D eigenvalue weighted by molar-refractivity contribution is 7.80. The van der Waals surface area contributed by atoms with Crippen LogP contribution in [0.2, 0.25) is 0 Å². The van der Waals surface area contributed by atoms with Gasteiger partial charge in [-0.25, -0.2) is 8.78 Å². The van der Waals surface area contributed by atoms with Gasteiger partial charge in [-0.05, 0) is 18.2 Å². The Kier molecular flexibility index (Phi) is 4.44. The molecule has 1 aromatic carbocycles. The number of hydrogen-bond acceptors (Lipinski definition) is 2. The van der Waals surface area contributed by atoms with Gasteiger partial charge in [0.25, 0.3) is 6.43 Å². The molecule has 0 spiro atoms. The van der Waals surface area contributed by atoms with Gasteiger partial charge in [0.1, 0.15) is 4.99 Å². The lowest BCUT2D eigenvalue weighted by molar-refractivity contribution is -0.137. The SMILES string of the molecule is NC(=S)c1cc(C(F)(F)F)ccc1NCC(F)F. The second kappa shape index (κ2) is 5.47. The fourth-order valence-corrected chi connectivity index (χ4v) is 1.43. The smallest absolute Gasteiger partial charge is 0.389 e. The van der Waals surface area contributed by atoms with Gasteiger partial charge in [0.15, 0.2) is 0 Å². The van der Waals surface area contributed by atoms with Gasteiger partial charge in [0.2, 0.25) is 0 Å². The van der Waals surface area contributed by atoms with Crippen molar-refractivity contribution in [1.82, 2.24) is 0 Å². The molecular formula is C10H9F5N2S. The van der Waals surface area contributed by atoms with Crippen LogP contribution in [0.5, 0.6) is 0 Å². The molecule has 0 saturated carbocycles. The highest BCUT2D eigenvalue weighted by Crippen LogP contribution is 2.31. The molecule has 0 aliphatic carbocycles. The lowest BCUT2D eigenvalue weighted by atomic mass is 10.1. The molecule has 3 N–H and O–H groups in total. The van der Waals surface area contributed by atoms with Crippen LogP contribution in [-0.2, 0) is 6.18 Å². The molecule has 2 nitrogen and oxygen atoms in total. The fraction of sp³-hybridized carbons (Fsp3) is 0.300. The van der Waals surface area contributed by atoms with Gasteiger partial charge in [-0.1, -0.05) is 12.2 Å². The molecule has 0 saturated heterocycles. The zero-order valence-corrected chi connectivity index (χ0v) is 9.71. The van der Waals surface area contributed by atoms with E-state index in [1.54, 1.807) is 0 Å². The lowest BCUT2D eigenvalue weighted by Gasteiger charge is -2.14. The monoisotopic (exact) mass is 284 g/mol. The second-order valence-corrected chi connectivity index (χ2v) is 3.83. The summed E-state index contributed by atoms with van der Waals surface area (Å²) in [6.45, 7) is -0.693. The number of anilines is 1. The predicted molar refractivity (Wildman–Crippen MR) is 61.8 cm³/mol. The van der Waals surface area contributed by atoms with Crippen LogP contribution < -0.4 is 11.1 Å². The molecule has 100 valence electrons. The minimum atomic E-state index is -4.54. The van der Waals surface area contributed by atoms with Gasteiger partial charge < -0.3 is 11.1 Å². The van der Waals surface area contributed by atoms with Crippen LogP contribution >= 0.6 is 12.2 Å². The van der Waals surface area contributed by atoms with Gasteiger partial charge in [-0.3, -0.25) is 0 Å². The molecule has 0 amide bonds. The summed E-state index contributed by atoms with van der Waals surface area (Å²) >= 11 is 4.59. The summed E-state index contributed by atoms with van der Waals surface area (Å²) in [6, 6.07) is 2.53. The maximum Gasteiger partial charge on any atom is 0.416 e. The van der Waals surface area contributed by atoms with Gasteiger partial charge >= 0.3 is 6.18 Å². The number of hydrogen-bond donors (Lipinski definition) is 2. The maximum absolute atomic E-state index is 12.5. The average Bonchev–Trinajstić information content (AvgIpc) is 2.24. The molecule has 0 bridgehead atoms. The summed E-state index contributed by atoms with van der Waals surface area (Å²) in [5.41, 5.74) is 4.27. The van der Waals surface area contributed by atoms with E-state index in [4.69, 9.17) is 5.73 Å². The van der Waals surface area contributed by atoms with E-state index < -0.39 is 24.7 Å². The highest BCUT2D eigenvalue weighted by atomic mass is 32.1. The number of nitrogens with one attached hydrogen (secondary N) is 1. The molecule has 8 heteroatoms. The molecule has 0 fully saturated rings. The second-order valence-electron chi connectivity index (χ2n) is 3.39. The Morgan fingerprint density at radius 3 is 2.39 bits per heavy atom. The summed E-state index contributed by atoms with van der Waals surface area (Å²) in [5, 5.41) is 2.29. The Labute approximate surface area is 105 Å². The Bertz CT molecular complexity index is 444. The summed E-state index contributed by atoms with van der Waals surface area (Å²) < 4.78 is 61.4. The van der Waals surface area contributed by atoms with E-state index in [9.17, 15) is 22.0 Å². The van der Waals surface area contributed by atoms with E-state index in [-0.39, 0.29) is 16.2 Å². The van der Waals surface area contributed by atoms with Crippen LogP contribution in [-0.4, -0.2) is 18.0 Å². The summed E-state index contributed by atoms with van der Waals surface area (Å²) in [7, 11) is 0. The van der Waals surface area contributed by atoms with Crippen molar-refractivity contribution in [2.24, 2.45) is 5.73 Å².